The summed E-state index contributed by atoms with van der Waals surface area (Å²) in [6.45, 7) is 3.85. The number of aryl methyl sites for hydroxylation is 1. The normalized spacial score (nSPS) is 16.2. The average molecular weight is 279 g/mol. The van der Waals surface area contributed by atoms with E-state index in [4.69, 9.17) is 5.11 Å². The fourth-order valence-electron chi connectivity index (χ4n) is 2.28. The Labute approximate surface area is 118 Å². The molecule has 0 radical (unpaired) electrons. The van der Waals surface area contributed by atoms with Crippen LogP contribution in [-0.4, -0.2) is 32.8 Å². The van der Waals surface area contributed by atoms with Gasteiger partial charge in [-0.25, -0.2) is 4.79 Å². The number of carbonyl (C=O) groups is 2. The highest BCUT2D eigenvalue weighted by Crippen LogP contribution is 2.39. The quantitative estimate of drug-likeness (QED) is 0.827. The lowest BCUT2D eigenvalue weighted by molar-refractivity contribution is -0.139. The molecule has 1 fully saturated rings. The number of carboxylic acid groups (broad SMARTS) is 1. The van der Waals surface area contributed by atoms with Gasteiger partial charge in [0.1, 0.15) is 11.7 Å². The number of nitrogens with one attached hydrogen (secondary N) is 1. The van der Waals surface area contributed by atoms with E-state index >= 15 is 0 Å². The maximum absolute atomic E-state index is 12.1. The summed E-state index contributed by atoms with van der Waals surface area (Å²) in [6, 6.07) is 0.898. The van der Waals surface area contributed by atoms with E-state index in [9.17, 15) is 9.59 Å². The number of nitrogens with zero attached hydrogens (tertiary/aromatic N) is 2. The zero-order valence-electron chi connectivity index (χ0n) is 12.1. The van der Waals surface area contributed by atoms with Gasteiger partial charge in [0.25, 0.3) is 5.91 Å². The van der Waals surface area contributed by atoms with Gasteiger partial charge in [0, 0.05) is 18.7 Å². The van der Waals surface area contributed by atoms with Gasteiger partial charge in [-0.05, 0) is 31.2 Å². The number of rotatable bonds is 6. The predicted molar refractivity (Wildman–Crippen MR) is 73.5 cm³/mol. The van der Waals surface area contributed by atoms with Crippen molar-refractivity contribution in [3.05, 3.63) is 17.5 Å². The van der Waals surface area contributed by atoms with Crippen LogP contribution in [0.2, 0.25) is 0 Å². The van der Waals surface area contributed by atoms with Crippen molar-refractivity contribution < 1.29 is 14.7 Å². The Hall–Kier alpha value is -1.85. The molecule has 110 valence electrons. The fourth-order valence-corrected chi connectivity index (χ4v) is 2.28. The Balaban J connectivity index is 2.06. The molecule has 0 unspecified atom stereocenters. The molecule has 0 bridgehead atoms. The Morgan fingerprint density at radius 3 is 2.65 bits per heavy atom. The monoisotopic (exact) mass is 279 g/mol. The van der Waals surface area contributed by atoms with Crippen LogP contribution < -0.4 is 5.32 Å². The second-order valence-corrected chi connectivity index (χ2v) is 5.85. The molecule has 0 aromatic carbocycles. The summed E-state index contributed by atoms with van der Waals surface area (Å²) >= 11 is 0. The first-order valence-electron chi connectivity index (χ1n) is 6.96. The molecule has 6 nitrogen and oxygen atoms in total. The van der Waals surface area contributed by atoms with Crippen LogP contribution in [0.3, 0.4) is 0 Å². The van der Waals surface area contributed by atoms with E-state index in [-0.39, 0.29) is 5.92 Å². The maximum atomic E-state index is 12.1. The number of aromatic nitrogens is 2. The Morgan fingerprint density at radius 2 is 2.15 bits per heavy atom. The molecule has 1 amide bonds. The summed E-state index contributed by atoms with van der Waals surface area (Å²) in [5.74, 6) is -0.729. The van der Waals surface area contributed by atoms with E-state index in [2.05, 4.69) is 10.4 Å². The number of hydrogen-bond donors (Lipinski definition) is 2. The highest BCUT2D eigenvalue weighted by molar-refractivity contribution is 5.95. The van der Waals surface area contributed by atoms with Crippen molar-refractivity contribution in [2.45, 2.75) is 45.1 Å². The first kappa shape index (κ1) is 14.6. The van der Waals surface area contributed by atoms with E-state index in [1.807, 2.05) is 20.9 Å². The van der Waals surface area contributed by atoms with Crippen LogP contribution in [0.4, 0.5) is 0 Å². The topological polar surface area (TPSA) is 84.2 Å². The van der Waals surface area contributed by atoms with Crippen LogP contribution >= 0.6 is 0 Å². The van der Waals surface area contributed by atoms with Gasteiger partial charge in [0.15, 0.2) is 0 Å². The molecule has 1 aliphatic carbocycles. The van der Waals surface area contributed by atoms with E-state index in [1.165, 1.54) is 0 Å². The van der Waals surface area contributed by atoms with Gasteiger partial charge in [-0.3, -0.25) is 9.48 Å². The first-order chi connectivity index (χ1) is 9.38. The van der Waals surface area contributed by atoms with Crippen LogP contribution in [0.1, 0.15) is 55.2 Å². The smallest absolute Gasteiger partial charge is 0.326 e. The molecule has 0 saturated heterocycles. The third-order valence-corrected chi connectivity index (χ3v) is 3.45. The maximum Gasteiger partial charge on any atom is 0.326 e. The first-order valence-corrected chi connectivity index (χ1v) is 6.96. The molecular formula is C14H21N3O3. The van der Waals surface area contributed by atoms with E-state index in [0.717, 1.165) is 18.5 Å². The van der Waals surface area contributed by atoms with Gasteiger partial charge in [0.05, 0.1) is 0 Å². The summed E-state index contributed by atoms with van der Waals surface area (Å²) < 4.78 is 1.71. The van der Waals surface area contributed by atoms with Gasteiger partial charge in [-0.1, -0.05) is 13.8 Å². The molecule has 1 atom stereocenters. The third kappa shape index (κ3) is 3.37. The van der Waals surface area contributed by atoms with E-state index < -0.39 is 17.9 Å². The Morgan fingerprint density at radius 1 is 1.50 bits per heavy atom. The average Bonchev–Trinajstić information content (AvgIpc) is 3.11. The van der Waals surface area contributed by atoms with Gasteiger partial charge in [-0.2, -0.15) is 5.10 Å². The minimum Gasteiger partial charge on any atom is -0.480 e. The van der Waals surface area contributed by atoms with Crippen molar-refractivity contribution in [2.75, 3.05) is 0 Å². The third-order valence-electron chi connectivity index (χ3n) is 3.45. The van der Waals surface area contributed by atoms with Crippen LogP contribution in [0.25, 0.3) is 0 Å². The van der Waals surface area contributed by atoms with Crippen LogP contribution in [0, 0.1) is 5.92 Å². The van der Waals surface area contributed by atoms with Crippen molar-refractivity contribution >= 4 is 11.9 Å². The molecule has 2 rings (SSSR count). The molecule has 1 aromatic heterocycles. The molecule has 1 aromatic rings. The largest absolute Gasteiger partial charge is 0.480 e. The number of aliphatic carboxylic acids is 1. The molecule has 0 aliphatic heterocycles. The van der Waals surface area contributed by atoms with E-state index in [1.54, 1.807) is 10.7 Å². The Bertz CT molecular complexity index is 518. The fraction of sp³-hybridized carbons (Fsp3) is 0.643. The van der Waals surface area contributed by atoms with Gasteiger partial charge < -0.3 is 10.4 Å². The van der Waals surface area contributed by atoms with Crippen molar-refractivity contribution in [2.24, 2.45) is 13.0 Å². The predicted octanol–water partition coefficient (Wildman–Crippen LogP) is 1.53. The zero-order chi connectivity index (χ0) is 14.9. The lowest BCUT2D eigenvalue weighted by Crippen LogP contribution is -2.41. The summed E-state index contributed by atoms with van der Waals surface area (Å²) in [5.41, 5.74) is 1.34. The van der Waals surface area contributed by atoms with Crippen LogP contribution in [-0.2, 0) is 11.8 Å². The van der Waals surface area contributed by atoms with Crippen molar-refractivity contribution in [3.8, 4) is 0 Å². The van der Waals surface area contributed by atoms with Crippen molar-refractivity contribution in [3.63, 3.8) is 0 Å². The van der Waals surface area contributed by atoms with Gasteiger partial charge >= 0.3 is 5.97 Å². The minimum absolute atomic E-state index is 0.196. The Kier molecular flexibility index (Phi) is 4.11. The number of carboxylic acids is 1. The molecule has 1 heterocycles. The number of carbonyl (C=O) groups excluding carboxylic acids is 1. The van der Waals surface area contributed by atoms with E-state index in [0.29, 0.717) is 18.0 Å². The summed E-state index contributed by atoms with van der Waals surface area (Å²) in [6.07, 6.45) is 2.67. The molecule has 20 heavy (non-hydrogen) atoms. The summed E-state index contributed by atoms with van der Waals surface area (Å²) in [7, 11) is 1.81. The number of amides is 1. The molecule has 1 saturated carbocycles. The van der Waals surface area contributed by atoms with Crippen LogP contribution in [0.5, 0.6) is 0 Å². The van der Waals surface area contributed by atoms with Crippen LogP contribution in [0.15, 0.2) is 6.07 Å². The molecule has 0 spiro atoms. The highest BCUT2D eigenvalue weighted by Gasteiger charge is 2.29. The van der Waals surface area contributed by atoms with Gasteiger partial charge in [-0.15, -0.1) is 0 Å². The zero-order valence-corrected chi connectivity index (χ0v) is 12.1. The molecule has 1 aliphatic rings. The molecule has 2 N–H and O–H groups in total. The second kappa shape index (κ2) is 5.64. The standard InChI is InChI=1S/C14H21N3O3/c1-8(2)6-11(14(19)20)15-13(18)10-7-12(9-4-5-9)17(3)16-10/h7-9,11H,4-6H2,1-3H3,(H,15,18)(H,19,20)/t11-/m0/s1. The van der Waals surface area contributed by atoms with Crippen molar-refractivity contribution in [1.29, 1.82) is 0 Å². The highest BCUT2D eigenvalue weighted by atomic mass is 16.4. The number of hydrogen-bond acceptors (Lipinski definition) is 3. The van der Waals surface area contributed by atoms with Gasteiger partial charge in [0.2, 0.25) is 0 Å². The minimum atomic E-state index is -1.01. The molecular weight excluding hydrogens is 258 g/mol. The van der Waals surface area contributed by atoms with Crippen molar-refractivity contribution in [1.82, 2.24) is 15.1 Å². The SMILES string of the molecule is CC(C)C[C@H](NC(=O)c1cc(C2CC2)n(C)n1)C(=O)O. The summed E-state index contributed by atoms with van der Waals surface area (Å²) in [4.78, 5) is 23.3. The summed E-state index contributed by atoms with van der Waals surface area (Å²) in [5, 5.41) is 15.9. The second-order valence-electron chi connectivity index (χ2n) is 5.85. The lowest BCUT2D eigenvalue weighted by Gasteiger charge is -2.15. The molecule has 6 heteroatoms. The lowest BCUT2D eigenvalue weighted by atomic mass is 10.0.